The van der Waals surface area contributed by atoms with Gasteiger partial charge >= 0.3 is 0 Å². The van der Waals surface area contributed by atoms with Gasteiger partial charge in [-0.2, -0.15) is 0 Å². The second-order valence-electron chi connectivity index (χ2n) is 9.78. The van der Waals surface area contributed by atoms with Crippen molar-refractivity contribution in [2.45, 2.75) is 38.8 Å². The maximum Gasteiger partial charge on any atom is 0.271 e. The second-order valence-corrected chi connectivity index (χ2v) is 11.6. The molecular formula is C27H33N7O4S2. The quantitative estimate of drug-likeness (QED) is 0.366. The molecule has 0 spiro atoms. The van der Waals surface area contributed by atoms with Crippen molar-refractivity contribution < 1.29 is 19.2 Å². The number of thiazole rings is 2. The van der Waals surface area contributed by atoms with E-state index in [9.17, 15) is 19.2 Å². The van der Waals surface area contributed by atoms with Crippen molar-refractivity contribution in [1.82, 2.24) is 30.8 Å². The van der Waals surface area contributed by atoms with Gasteiger partial charge in [0.15, 0.2) is 0 Å². The molecule has 4 amide bonds. The summed E-state index contributed by atoms with van der Waals surface area (Å²) in [6.45, 7) is 4.02. The van der Waals surface area contributed by atoms with Gasteiger partial charge in [-0.3, -0.25) is 19.2 Å². The third-order valence-corrected chi connectivity index (χ3v) is 8.28. The molecule has 4 bridgehead atoms. The Hall–Kier alpha value is -3.68. The van der Waals surface area contributed by atoms with Gasteiger partial charge in [0.05, 0.1) is 25.2 Å². The van der Waals surface area contributed by atoms with Gasteiger partial charge in [-0.15, -0.1) is 22.7 Å². The number of fused-ring (bicyclic) bond motifs is 4. The summed E-state index contributed by atoms with van der Waals surface area (Å²) in [7, 11) is 0. The smallest absolute Gasteiger partial charge is 0.271 e. The van der Waals surface area contributed by atoms with Gasteiger partial charge in [-0.1, -0.05) is 44.2 Å². The first-order valence-corrected chi connectivity index (χ1v) is 14.8. The predicted molar refractivity (Wildman–Crippen MR) is 153 cm³/mol. The van der Waals surface area contributed by atoms with Gasteiger partial charge in [-0.25, -0.2) is 9.97 Å². The molecule has 1 aromatic carbocycles. The molecule has 2 aromatic heterocycles. The number of benzene rings is 1. The number of aromatic nitrogens is 2. The van der Waals surface area contributed by atoms with Crippen LogP contribution in [0.25, 0.3) is 0 Å². The van der Waals surface area contributed by atoms with Crippen molar-refractivity contribution in [3.05, 3.63) is 68.1 Å². The fourth-order valence-electron chi connectivity index (χ4n) is 4.26. The van der Waals surface area contributed by atoms with E-state index >= 15 is 0 Å². The molecular weight excluding hydrogens is 550 g/mol. The minimum Gasteiger partial charge on any atom is -0.351 e. The molecule has 11 nitrogen and oxygen atoms in total. The molecule has 2 atom stereocenters. The number of rotatable bonds is 4. The molecule has 1 aliphatic rings. The zero-order valence-corrected chi connectivity index (χ0v) is 24.0. The van der Waals surface area contributed by atoms with Gasteiger partial charge in [0.1, 0.15) is 21.4 Å². The van der Waals surface area contributed by atoms with Crippen molar-refractivity contribution in [1.29, 1.82) is 0 Å². The van der Waals surface area contributed by atoms with E-state index in [2.05, 4.69) is 25.9 Å². The highest BCUT2D eigenvalue weighted by Gasteiger charge is 2.27. The van der Waals surface area contributed by atoms with E-state index in [0.29, 0.717) is 22.9 Å². The largest absolute Gasteiger partial charge is 0.351 e. The number of nitrogens with zero attached hydrogens (tertiary/aromatic N) is 3. The minimum atomic E-state index is -0.514. The molecule has 0 saturated heterocycles. The molecule has 3 heterocycles. The van der Waals surface area contributed by atoms with Gasteiger partial charge < -0.3 is 26.6 Å². The van der Waals surface area contributed by atoms with Gasteiger partial charge in [0.25, 0.3) is 11.8 Å². The van der Waals surface area contributed by atoms with Crippen LogP contribution in [0, 0.1) is 5.92 Å². The van der Waals surface area contributed by atoms with Crippen LogP contribution in [0.5, 0.6) is 0 Å². The van der Waals surface area contributed by atoms with E-state index < -0.39 is 12.1 Å². The number of nitrogens with two attached hydrogens (primary N) is 1. The maximum absolute atomic E-state index is 13.2. The maximum atomic E-state index is 13.2. The minimum absolute atomic E-state index is 0.00871. The van der Waals surface area contributed by atoms with Crippen LogP contribution in [0.4, 0.5) is 0 Å². The topological polar surface area (TPSA) is 159 Å². The summed E-state index contributed by atoms with van der Waals surface area (Å²) in [5.41, 5.74) is 7.06. The van der Waals surface area contributed by atoms with Crippen molar-refractivity contribution >= 4 is 46.3 Å². The molecule has 3 aromatic rings. The van der Waals surface area contributed by atoms with Gasteiger partial charge in [0.2, 0.25) is 11.8 Å². The molecule has 4 rings (SSSR count). The van der Waals surface area contributed by atoms with Crippen LogP contribution in [-0.2, 0) is 16.0 Å². The van der Waals surface area contributed by atoms with Crippen molar-refractivity contribution in [2.24, 2.45) is 11.7 Å². The first kappa shape index (κ1) is 29.3. The highest BCUT2D eigenvalue weighted by atomic mass is 32.1. The van der Waals surface area contributed by atoms with E-state index in [-0.39, 0.29) is 67.1 Å². The molecule has 1 aliphatic heterocycles. The van der Waals surface area contributed by atoms with Gasteiger partial charge in [-0.05, 0) is 24.3 Å². The standard InChI is InChI=1S/C27H33N7O4S2/c1-16(2)23-27-32-19(14-40-27)24(37)29-9-6-10-34(22(36)12-28)13-21(35)30-18(11-17-7-4-3-5-8-17)26-31-20(15-39-26)25(38)33-23/h3-5,7-8,14-16,18,23H,6,9-13,28H2,1-2H3,(H,29,37)(H,30,35)(H,33,38)/t18?,23-/m0/s1. The summed E-state index contributed by atoms with van der Waals surface area (Å²) in [6.07, 6.45) is 0.879. The molecule has 212 valence electrons. The number of carbonyl (C=O) groups excluding carboxylic acids is 4. The molecule has 40 heavy (non-hydrogen) atoms. The average Bonchev–Trinajstić information content (AvgIpc) is 3.63. The Morgan fingerprint density at radius 1 is 1.02 bits per heavy atom. The van der Waals surface area contributed by atoms with E-state index in [0.717, 1.165) is 5.56 Å². The summed E-state index contributed by atoms with van der Waals surface area (Å²) in [4.78, 5) is 62.0. The second kappa shape index (κ2) is 13.6. The molecule has 5 N–H and O–H groups in total. The lowest BCUT2D eigenvalue weighted by Crippen LogP contribution is -2.45. The monoisotopic (exact) mass is 583 g/mol. The number of hydrogen-bond acceptors (Lipinski definition) is 9. The summed E-state index contributed by atoms with van der Waals surface area (Å²) in [5, 5.41) is 13.3. The molecule has 0 fully saturated rings. The van der Waals surface area contributed by atoms with Crippen LogP contribution in [0.2, 0.25) is 0 Å². The summed E-state index contributed by atoms with van der Waals surface area (Å²) < 4.78 is 0. The van der Waals surface area contributed by atoms with Crippen LogP contribution in [0.15, 0.2) is 41.1 Å². The zero-order chi connectivity index (χ0) is 28.6. The first-order valence-electron chi connectivity index (χ1n) is 13.1. The third kappa shape index (κ3) is 7.49. The SMILES string of the molecule is CC(C)[C@@H]1NC(=O)c2csc(n2)C(Cc2ccccc2)NC(=O)CN(C(=O)CN)CCCNC(=O)c2csc1n2. The van der Waals surface area contributed by atoms with E-state index in [1.807, 2.05) is 44.2 Å². The molecule has 0 saturated carbocycles. The highest BCUT2D eigenvalue weighted by Crippen LogP contribution is 2.27. The Labute approximate surface area is 240 Å². The van der Waals surface area contributed by atoms with Crippen LogP contribution < -0.4 is 21.7 Å². The van der Waals surface area contributed by atoms with E-state index in [1.165, 1.54) is 27.6 Å². The molecule has 1 unspecified atom stereocenters. The van der Waals surface area contributed by atoms with Crippen molar-refractivity contribution in [3.8, 4) is 0 Å². The lowest BCUT2D eigenvalue weighted by Gasteiger charge is -2.24. The number of nitrogens with one attached hydrogen (secondary N) is 3. The Morgan fingerprint density at radius 3 is 2.40 bits per heavy atom. The van der Waals surface area contributed by atoms with Crippen LogP contribution in [0.3, 0.4) is 0 Å². The average molecular weight is 584 g/mol. The summed E-state index contributed by atoms with van der Waals surface area (Å²) in [5.74, 6) is -1.46. The van der Waals surface area contributed by atoms with Crippen LogP contribution >= 0.6 is 22.7 Å². The Kier molecular flexibility index (Phi) is 9.96. The van der Waals surface area contributed by atoms with Crippen molar-refractivity contribution in [2.75, 3.05) is 26.2 Å². The highest BCUT2D eigenvalue weighted by molar-refractivity contribution is 7.10. The summed E-state index contributed by atoms with van der Waals surface area (Å²) >= 11 is 2.59. The zero-order valence-electron chi connectivity index (χ0n) is 22.4. The number of amides is 4. The van der Waals surface area contributed by atoms with E-state index in [4.69, 9.17) is 5.73 Å². The fraction of sp³-hybridized carbons (Fsp3) is 0.407. The lowest BCUT2D eigenvalue weighted by molar-refractivity contribution is -0.135. The lowest BCUT2D eigenvalue weighted by atomic mass is 10.0. The van der Waals surface area contributed by atoms with Gasteiger partial charge in [0, 0.05) is 23.8 Å². The van der Waals surface area contributed by atoms with Crippen LogP contribution in [0.1, 0.15) is 68.9 Å². The van der Waals surface area contributed by atoms with Crippen molar-refractivity contribution in [3.63, 3.8) is 0 Å². The Bertz CT molecular complexity index is 1340. The number of carbonyl (C=O) groups is 4. The first-order chi connectivity index (χ1) is 19.2. The van der Waals surface area contributed by atoms with E-state index in [1.54, 1.807) is 10.8 Å². The molecule has 0 radical (unpaired) electrons. The fourth-order valence-corrected chi connectivity index (χ4v) is 6.13. The third-order valence-electron chi connectivity index (χ3n) is 6.40. The Morgan fingerprint density at radius 2 is 1.70 bits per heavy atom. The summed E-state index contributed by atoms with van der Waals surface area (Å²) in [6, 6.07) is 8.72. The van der Waals surface area contributed by atoms with Crippen LogP contribution in [-0.4, -0.2) is 64.7 Å². The number of hydrogen-bond donors (Lipinski definition) is 4. The predicted octanol–water partition coefficient (Wildman–Crippen LogP) is 2.05. The Balaban J connectivity index is 1.66. The molecule has 13 heteroatoms. The molecule has 0 aliphatic carbocycles. The normalized spacial score (nSPS) is 19.2.